The minimum absolute atomic E-state index is 0.0209. The van der Waals surface area contributed by atoms with Crippen molar-refractivity contribution < 1.29 is 13.9 Å². The highest BCUT2D eigenvalue weighted by atomic mass is 35.5. The molecule has 2 heterocycles. The maximum Gasteiger partial charge on any atom is 0.189 e. The number of fused-ring (bicyclic) bond motifs is 1. The van der Waals surface area contributed by atoms with E-state index in [2.05, 4.69) is 15.2 Å². The van der Waals surface area contributed by atoms with Crippen LogP contribution in [0.1, 0.15) is 36.6 Å². The summed E-state index contributed by atoms with van der Waals surface area (Å²) in [4.78, 5) is 6.75. The number of guanidine groups is 1. The van der Waals surface area contributed by atoms with Crippen molar-refractivity contribution in [1.82, 2.24) is 10.2 Å². The summed E-state index contributed by atoms with van der Waals surface area (Å²) in [5, 5.41) is 3.69. The number of para-hydroxylation sites is 1. The minimum atomic E-state index is -0.336. The van der Waals surface area contributed by atoms with Gasteiger partial charge in [0.25, 0.3) is 0 Å². The van der Waals surface area contributed by atoms with Gasteiger partial charge in [-0.25, -0.2) is 4.39 Å². The SMILES string of the molecule is CC1CN(C(CN=C(N)NC2CCOc3ccccc32)c2c(F)cccc2Cl)CCO1. The number of aliphatic imine (C=N–C) groups is 1. The summed E-state index contributed by atoms with van der Waals surface area (Å²) >= 11 is 6.40. The molecule has 31 heavy (non-hydrogen) atoms. The number of morpholine rings is 1. The van der Waals surface area contributed by atoms with E-state index in [4.69, 9.17) is 26.8 Å². The smallest absolute Gasteiger partial charge is 0.189 e. The van der Waals surface area contributed by atoms with E-state index >= 15 is 0 Å². The predicted octanol–water partition coefficient (Wildman–Crippen LogP) is 3.67. The first-order valence-electron chi connectivity index (χ1n) is 10.6. The summed E-state index contributed by atoms with van der Waals surface area (Å²) in [5.41, 5.74) is 7.76. The van der Waals surface area contributed by atoms with Crippen molar-refractivity contribution in [3.8, 4) is 5.75 Å². The third-order valence-corrected chi connectivity index (χ3v) is 6.09. The van der Waals surface area contributed by atoms with Gasteiger partial charge >= 0.3 is 0 Å². The van der Waals surface area contributed by atoms with Crippen molar-refractivity contribution in [3.05, 3.63) is 64.4 Å². The lowest BCUT2D eigenvalue weighted by molar-refractivity contribution is -0.0336. The Bertz CT molecular complexity index is 921. The molecule has 3 unspecified atom stereocenters. The molecule has 2 aliphatic heterocycles. The quantitative estimate of drug-likeness (QED) is 0.541. The second-order valence-electron chi connectivity index (χ2n) is 7.93. The highest BCUT2D eigenvalue weighted by molar-refractivity contribution is 6.31. The van der Waals surface area contributed by atoms with E-state index in [0.29, 0.717) is 42.8 Å². The minimum Gasteiger partial charge on any atom is -0.493 e. The molecule has 0 radical (unpaired) electrons. The van der Waals surface area contributed by atoms with Gasteiger partial charge in [-0.05, 0) is 25.1 Å². The zero-order chi connectivity index (χ0) is 21.8. The zero-order valence-electron chi connectivity index (χ0n) is 17.6. The molecule has 0 aliphatic carbocycles. The van der Waals surface area contributed by atoms with Crippen LogP contribution in [0, 0.1) is 5.82 Å². The molecule has 0 bridgehead atoms. The third kappa shape index (κ3) is 5.11. The van der Waals surface area contributed by atoms with Gasteiger partial charge in [-0.3, -0.25) is 9.89 Å². The van der Waals surface area contributed by atoms with Gasteiger partial charge in [0, 0.05) is 35.7 Å². The molecule has 1 fully saturated rings. The number of halogens is 2. The van der Waals surface area contributed by atoms with Crippen LogP contribution in [-0.4, -0.2) is 49.8 Å². The molecule has 3 atom stereocenters. The summed E-state index contributed by atoms with van der Waals surface area (Å²) in [6.45, 7) is 4.84. The lowest BCUT2D eigenvalue weighted by atomic mass is 10.0. The molecular weight excluding hydrogens is 419 g/mol. The van der Waals surface area contributed by atoms with E-state index in [1.54, 1.807) is 12.1 Å². The second-order valence-corrected chi connectivity index (χ2v) is 8.33. The Morgan fingerprint density at radius 2 is 2.13 bits per heavy atom. The number of nitrogens with zero attached hydrogens (tertiary/aromatic N) is 2. The van der Waals surface area contributed by atoms with Crippen molar-refractivity contribution >= 4 is 17.6 Å². The maximum absolute atomic E-state index is 14.8. The van der Waals surface area contributed by atoms with Crippen LogP contribution in [0.2, 0.25) is 5.02 Å². The van der Waals surface area contributed by atoms with Crippen LogP contribution >= 0.6 is 11.6 Å². The highest BCUT2D eigenvalue weighted by Crippen LogP contribution is 2.33. The van der Waals surface area contributed by atoms with E-state index in [0.717, 1.165) is 17.7 Å². The van der Waals surface area contributed by atoms with Gasteiger partial charge in [0.2, 0.25) is 0 Å². The number of nitrogens with one attached hydrogen (secondary N) is 1. The lowest BCUT2D eigenvalue weighted by Crippen LogP contribution is -2.45. The van der Waals surface area contributed by atoms with Crippen molar-refractivity contribution in [2.45, 2.75) is 31.5 Å². The Hall–Kier alpha value is -2.35. The van der Waals surface area contributed by atoms with Gasteiger partial charge in [0.1, 0.15) is 11.6 Å². The van der Waals surface area contributed by atoms with Gasteiger partial charge < -0.3 is 20.5 Å². The van der Waals surface area contributed by atoms with Gasteiger partial charge in [0.05, 0.1) is 37.9 Å². The first kappa shape index (κ1) is 21.9. The molecular formula is C23H28ClFN4O2. The first-order valence-corrected chi connectivity index (χ1v) is 11.0. The van der Waals surface area contributed by atoms with Crippen molar-refractivity contribution in [1.29, 1.82) is 0 Å². The first-order chi connectivity index (χ1) is 15.0. The molecule has 2 aliphatic rings. The number of hydrogen-bond acceptors (Lipinski definition) is 4. The summed E-state index contributed by atoms with van der Waals surface area (Å²) in [6.07, 6.45) is 0.844. The summed E-state index contributed by atoms with van der Waals surface area (Å²) in [5.74, 6) is 0.842. The van der Waals surface area contributed by atoms with Gasteiger partial charge in [0.15, 0.2) is 5.96 Å². The fraction of sp³-hybridized carbons (Fsp3) is 0.435. The van der Waals surface area contributed by atoms with Gasteiger partial charge in [-0.15, -0.1) is 0 Å². The van der Waals surface area contributed by atoms with E-state index in [9.17, 15) is 4.39 Å². The zero-order valence-corrected chi connectivity index (χ0v) is 18.3. The summed E-state index contributed by atoms with van der Waals surface area (Å²) in [7, 11) is 0. The monoisotopic (exact) mass is 446 g/mol. The molecule has 0 spiro atoms. The largest absolute Gasteiger partial charge is 0.493 e. The fourth-order valence-corrected chi connectivity index (χ4v) is 4.54. The molecule has 0 saturated carbocycles. The standard InChI is InChI=1S/C23H28ClFN4O2/c1-15-14-29(10-12-30-15)20(22-17(24)6-4-7-18(22)25)13-27-23(26)28-19-9-11-31-21-8-3-2-5-16(19)21/h2-8,15,19-20H,9-14H2,1H3,(H3,26,27,28). The van der Waals surface area contributed by atoms with Gasteiger partial charge in [-0.1, -0.05) is 35.9 Å². The van der Waals surface area contributed by atoms with Crippen molar-refractivity contribution in [2.75, 3.05) is 32.8 Å². The molecule has 0 amide bonds. The fourth-order valence-electron chi connectivity index (χ4n) is 4.25. The highest BCUT2D eigenvalue weighted by Gasteiger charge is 2.29. The third-order valence-electron chi connectivity index (χ3n) is 5.76. The average molecular weight is 447 g/mol. The summed E-state index contributed by atoms with van der Waals surface area (Å²) in [6, 6.07) is 12.3. The Morgan fingerprint density at radius 3 is 2.94 bits per heavy atom. The Labute approximate surface area is 187 Å². The normalized spacial score (nSPS) is 23.0. The van der Waals surface area contributed by atoms with Crippen LogP contribution in [0.4, 0.5) is 4.39 Å². The summed E-state index contributed by atoms with van der Waals surface area (Å²) < 4.78 is 26.1. The molecule has 166 valence electrons. The molecule has 2 aromatic carbocycles. The van der Waals surface area contributed by atoms with Gasteiger partial charge in [-0.2, -0.15) is 0 Å². The molecule has 1 saturated heterocycles. The lowest BCUT2D eigenvalue weighted by Gasteiger charge is -2.37. The van der Waals surface area contributed by atoms with E-state index in [1.165, 1.54) is 6.07 Å². The number of nitrogens with two attached hydrogens (primary N) is 1. The average Bonchev–Trinajstić information content (AvgIpc) is 2.76. The van der Waals surface area contributed by atoms with Crippen molar-refractivity contribution in [2.24, 2.45) is 10.7 Å². The topological polar surface area (TPSA) is 72.1 Å². The van der Waals surface area contributed by atoms with Crippen LogP contribution in [0.25, 0.3) is 0 Å². The van der Waals surface area contributed by atoms with E-state index in [-0.39, 0.29) is 30.5 Å². The molecule has 0 aromatic heterocycles. The Morgan fingerprint density at radius 1 is 1.29 bits per heavy atom. The maximum atomic E-state index is 14.8. The Kier molecular flexibility index (Phi) is 6.95. The molecule has 4 rings (SSSR count). The number of hydrogen-bond donors (Lipinski definition) is 2. The molecule has 3 N–H and O–H groups in total. The van der Waals surface area contributed by atoms with Crippen LogP contribution in [0.5, 0.6) is 5.75 Å². The van der Waals surface area contributed by atoms with Crippen LogP contribution in [-0.2, 0) is 4.74 Å². The number of ether oxygens (including phenoxy) is 2. The van der Waals surface area contributed by atoms with E-state index in [1.807, 2.05) is 31.2 Å². The van der Waals surface area contributed by atoms with Crippen LogP contribution < -0.4 is 15.8 Å². The number of rotatable bonds is 5. The molecule has 8 heteroatoms. The van der Waals surface area contributed by atoms with Crippen LogP contribution in [0.15, 0.2) is 47.5 Å². The predicted molar refractivity (Wildman–Crippen MR) is 120 cm³/mol. The van der Waals surface area contributed by atoms with E-state index < -0.39 is 0 Å². The van der Waals surface area contributed by atoms with Crippen molar-refractivity contribution in [3.63, 3.8) is 0 Å². The molecule has 6 nitrogen and oxygen atoms in total. The second kappa shape index (κ2) is 9.85. The number of benzene rings is 2. The van der Waals surface area contributed by atoms with Crippen LogP contribution in [0.3, 0.4) is 0 Å². The molecule has 2 aromatic rings. The Balaban J connectivity index is 1.54.